The fraction of sp³-hybridized carbons (Fsp3) is 0.538. The number of benzene rings is 1. The molecule has 2 unspecified atom stereocenters. The Labute approximate surface area is 112 Å². The van der Waals surface area contributed by atoms with Gasteiger partial charge in [-0.2, -0.15) is 4.31 Å². The van der Waals surface area contributed by atoms with Crippen LogP contribution in [0.4, 0.5) is 4.39 Å². The maximum atomic E-state index is 13.3. The molecule has 0 bridgehead atoms. The third-order valence-corrected chi connectivity index (χ3v) is 6.10. The molecule has 2 atom stereocenters. The second-order valence-electron chi connectivity index (χ2n) is 5.41. The molecule has 4 nitrogen and oxygen atoms in total. The van der Waals surface area contributed by atoms with Crippen LogP contribution in [-0.4, -0.2) is 38.9 Å². The van der Waals surface area contributed by atoms with Crippen molar-refractivity contribution >= 4 is 10.0 Å². The van der Waals surface area contributed by atoms with Crippen molar-refractivity contribution in [3.8, 4) is 0 Å². The number of aryl methyl sites for hydroxylation is 1. The molecule has 6 heteroatoms. The summed E-state index contributed by atoms with van der Waals surface area (Å²) in [5.41, 5.74) is 0.594. The maximum Gasteiger partial charge on any atom is 0.243 e. The number of hydrogen-bond acceptors (Lipinski definition) is 3. The van der Waals surface area contributed by atoms with Crippen LogP contribution in [0.2, 0.25) is 0 Å². The van der Waals surface area contributed by atoms with Gasteiger partial charge in [-0.3, -0.25) is 0 Å². The van der Waals surface area contributed by atoms with Crippen molar-refractivity contribution in [3.63, 3.8) is 0 Å². The lowest BCUT2D eigenvalue weighted by Crippen LogP contribution is -2.32. The molecule has 104 valence electrons. The first-order chi connectivity index (χ1) is 8.98. The molecular formula is C13H17FN2O2S. The summed E-state index contributed by atoms with van der Waals surface area (Å²) in [6, 6.07) is 3.93. The van der Waals surface area contributed by atoms with Gasteiger partial charge in [0.15, 0.2) is 0 Å². The first kappa shape index (κ1) is 13.0. The molecule has 2 heterocycles. The van der Waals surface area contributed by atoms with Crippen molar-refractivity contribution in [2.75, 3.05) is 26.2 Å². The Hall–Kier alpha value is -0.980. The zero-order valence-electron chi connectivity index (χ0n) is 10.8. The number of nitrogens with zero attached hydrogens (tertiary/aromatic N) is 1. The van der Waals surface area contributed by atoms with E-state index in [9.17, 15) is 12.8 Å². The highest BCUT2D eigenvalue weighted by Gasteiger charge is 2.41. The fourth-order valence-electron chi connectivity index (χ4n) is 3.00. The summed E-state index contributed by atoms with van der Waals surface area (Å²) >= 11 is 0. The highest BCUT2D eigenvalue weighted by atomic mass is 32.2. The minimum atomic E-state index is -3.57. The zero-order chi connectivity index (χ0) is 13.6. The predicted octanol–water partition coefficient (Wildman–Crippen LogP) is 0.974. The number of nitrogens with one attached hydrogen (secondary N) is 1. The summed E-state index contributed by atoms with van der Waals surface area (Å²) < 4.78 is 40.0. The molecule has 1 N–H and O–H groups in total. The van der Waals surface area contributed by atoms with Crippen molar-refractivity contribution in [1.29, 1.82) is 0 Å². The van der Waals surface area contributed by atoms with Crippen molar-refractivity contribution < 1.29 is 12.8 Å². The molecule has 0 aliphatic carbocycles. The van der Waals surface area contributed by atoms with Crippen molar-refractivity contribution in [2.45, 2.75) is 11.8 Å². The monoisotopic (exact) mass is 284 g/mol. The zero-order valence-corrected chi connectivity index (χ0v) is 11.6. The van der Waals surface area contributed by atoms with Gasteiger partial charge in [-0.25, -0.2) is 12.8 Å². The Balaban J connectivity index is 1.93. The van der Waals surface area contributed by atoms with Crippen molar-refractivity contribution in [3.05, 3.63) is 29.6 Å². The van der Waals surface area contributed by atoms with Crippen LogP contribution in [0.15, 0.2) is 23.1 Å². The van der Waals surface area contributed by atoms with E-state index >= 15 is 0 Å². The summed E-state index contributed by atoms with van der Waals surface area (Å²) in [6.45, 7) is 4.52. The van der Waals surface area contributed by atoms with E-state index in [1.54, 1.807) is 6.92 Å². The lowest BCUT2D eigenvalue weighted by molar-refractivity contribution is 0.447. The third-order valence-electron chi connectivity index (χ3n) is 4.12. The van der Waals surface area contributed by atoms with Crippen LogP contribution < -0.4 is 5.32 Å². The molecule has 19 heavy (non-hydrogen) atoms. The Morgan fingerprint density at radius 3 is 2.53 bits per heavy atom. The van der Waals surface area contributed by atoms with E-state index in [2.05, 4.69) is 5.32 Å². The van der Waals surface area contributed by atoms with Gasteiger partial charge in [-0.05, 0) is 49.5 Å². The lowest BCUT2D eigenvalue weighted by Gasteiger charge is -2.18. The van der Waals surface area contributed by atoms with Crippen LogP contribution in [0, 0.1) is 24.6 Å². The van der Waals surface area contributed by atoms with Gasteiger partial charge in [-0.15, -0.1) is 0 Å². The van der Waals surface area contributed by atoms with Gasteiger partial charge in [0.2, 0.25) is 10.0 Å². The van der Waals surface area contributed by atoms with Crippen LogP contribution in [0.1, 0.15) is 5.56 Å². The van der Waals surface area contributed by atoms with E-state index in [4.69, 9.17) is 0 Å². The maximum absolute atomic E-state index is 13.3. The Kier molecular flexibility index (Phi) is 3.11. The molecule has 2 fully saturated rings. The van der Waals surface area contributed by atoms with Crippen LogP contribution in [0.25, 0.3) is 0 Å². The minimum Gasteiger partial charge on any atom is -0.316 e. The SMILES string of the molecule is Cc1ccc(F)cc1S(=O)(=O)N1CC2CNCC2C1. The van der Waals surface area contributed by atoms with Gasteiger partial charge in [0, 0.05) is 13.1 Å². The van der Waals surface area contributed by atoms with Crippen molar-refractivity contribution in [1.82, 2.24) is 9.62 Å². The first-order valence-electron chi connectivity index (χ1n) is 6.45. The number of hydrogen-bond donors (Lipinski definition) is 1. The van der Waals surface area contributed by atoms with E-state index in [0.29, 0.717) is 30.5 Å². The topological polar surface area (TPSA) is 49.4 Å². The molecule has 2 aliphatic heterocycles. The lowest BCUT2D eigenvalue weighted by atomic mass is 10.0. The van der Waals surface area contributed by atoms with E-state index in [1.165, 1.54) is 16.4 Å². The molecule has 0 radical (unpaired) electrons. The highest BCUT2D eigenvalue weighted by molar-refractivity contribution is 7.89. The minimum absolute atomic E-state index is 0.0976. The van der Waals surface area contributed by atoms with Gasteiger partial charge in [0.05, 0.1) is 4.90 Å². The normalized spacial score (nSPS) is 27.7. The number of rotatable bonds is 2. The molecule has 1 aromatic carbocycles. The molecular weight excluding hydrogens is 267 g/mol. The van der Waals surface area contributed by atoms with E-state index in [0.717, 1.165) is 19.2 Å². The fourth-order valence-corrected chi connectivity index (χ4v) is 4.79. The second-order valence-corrected chi connectivity index (χ2v) is 7.32. The smallest absolute Gasteiger partial charge is 0.243 e. The third kappa shape index (κ3) is 2.17. The predicted molar refractivity (Wildman–Crippen MR) is 69.7 cm³/mol. The molecule has 0 spiro atoms. The number of sulfonamides is 1. The highest BCUT2D eigenvalue weighted by Crippen LogP contribution is 2.31. The summed E-state index contributed by atoms with van der Waals surface area (Å²) in [6.07, 6.45) is 0. The van der Waals surface area contributed by atoms with E-state index < -0.39 is 15.8 Å². The average molecular weight is 284 g/mol. The summed E-state index contributed by atoms with van der Waals surface area (Å²) in [5, 5.41) is 3.28. The van der Waals surface area contributed by atoms with Gasteiger partial charge >= 0.3 is 0 Å². The largest absolute Gasteiger partial charge is 0.316 e. The Bertz CT molecular complexity index is 591. The quantitative estimate of drug-likeness (QED) is 0.880. The molecule has 0 saturated carbocycles. The van der Waals surface area contributed by atoms with E-state index in [-0.39, 0.29) is 4.90 Å². The molecule has 2 aliphatic rings. The average Bonchev–Trinajstić information content (AvgIpc) is 2.92. The summed E-state index contributed by atoms with van der Waals surface area (Å²) in [4.78, 5) is 0.0976. The number of halogens is 1. The standard InChI is InChI=1S/C13H17FN2O2S/c1-9-2-3-12(14)4-13(9)19(17,18)16-7-10-5-15-6-11(10)8-16/h2-4,10-11,15H,5-8H2,1H3. The van der Waals surface area contributed by atoms with Gasteiger partial charge in [0.1, 0.15) is 5.82 Å². The summed E-state index contributed by atoms with van der Waals surface area (Å²) in [5.74, 6) is 0.275. The summed E-state index contributed by atoms with van der Waals surface area (Å²) in [7, 11) is -3.57. The first-order valence-corrected chi connectivity index (χ1v) is 7.89. The number of fused-ring (bicyclic) bond motifs is 1. The molecule has 2 saturated heterocycles. The molecule has 0 aromatic heterocycles. The second kappa shape index (κ2) is 4.54. The molecule has 3 rings (SSSR count). The molecule has 0 amide bonds. The van der Waals surface area contributed by atoms with Gasteiger partial charge in [-0.1, -0.05) is 6.07 Å². The van der Waals surface area contributed by atoms with Crippen molar-refractivity contribution in [2.24, 2.45) is 11.8 Å². The van der Waals surface area contributed by atoms with Crippen LogP contribution in [0.3, 0.4) is 0 Å². The molecule has 1 aromatic rings. The van der Waals surface area contributed by atoms with Gasteiger partial charge in [0.25, 0.3) is 0 Å². The van der Waals surface area contributed by atoms with Gasteiger partial charge < -0.3 is 5.32 Å². The van der Waals surface area contributed by atoms with E-state index in [1.807, 2.05) is 0 Å². The Morgan fingerprint density at radius 2 is 1.89 bits per heavy atom. The van der Waals surface area contributed by atoms with Crippen LogP contribution in [-0.2, 0) is 10.0 Å². The van der Waals surface area contributed by atoms with Crippen LogP contribution >= 0.6 is 0 Å². The van der Waals surface area contributed by atoms with Crippen LogP contribution in [0.5, 0.6) is 0 Å². The Morgan fingerprint density at radius 1 is 1.26 bits per heavy atom.